The van der Waals surface area contributed by atoms with Gasteiger partial charge in [0.25, 0.3) is 0 Å². The number of benzene rings is 9. The lowest BCUT2D eigenvalue weighted by Crippen LogP contribution is -2.28. The van der Waals surface area contributed by atoms with E-state index in [4.69, 9.17) is 0 Å². The van der Waals surface area contributed by atoms with Gasteiger partial charge in [-0.2, -0.15) is 0 Å². The Hall–Kier alpha value is -7.42. The van der Waals surface area contributed by atoms with Crippen molar-refractivity contribution in [3.05, 3.63) is 252 Å². The second-order valence-electron chi connectivity index (χ2n) is 16.8. The van der Waals surface area contributed by atoms with E-state index in [1.165, 1.54) is 72.4 Å². The van der Waals surface area contributed by atoms with Crippen molar-refractivity contribution in [1.82, 2.24) is 0 Å². The molecule has 1 atom stereocenters. The number of hydrogen-bond donors (Lipinski definition) is 0. The summed E-state index contributed by atoms with van der Waals surface area (Å²) in [6, 6.07) is 81.0. The van der Waals surface area contributed by atoms with Gasteiger partial charge in [-0.1, -0.05) is 166 Å². The van der Waals surface area contributed by atoms with Crippen LogP contribution in [-0.2, 0) is 10.8 Å². The molecule has 2 nitrogen and oxygen atoms in total. The van der Waals surface area contributed by atoms with E-state index in [0.717, 1.165) is 28.4 Å². The molecule has 2 heteroatoms. The number of fused-ring (bicyclic) bond motifs is 13. The zero-order chi connectivity index (χ0) is 40.0. The molecule has 0 bridgehead atoms. The molecule has 0 fully saturated rings. The molecule has 0 radical (unpaired) electrons. The standard InChI is InChI=1S/C58H42N2/c1-57(2)50-29-15-12-25-44(50)47-35-34-43(37-53(47)57)60(41-23-10-5-11-24-41)55-32-18-28-49-46-27-14-17-31-52(46)58(56(49)55)51-30-16-13-26-45(51)48-36-33-42(38-54(48)58)59(39-19-6-3-7-20-39)40-21-8-4-9-22-40/h3-38H,1-2H3. The van der Waals surface area contributed by atoms with Crippen molar-refractivity contribution in [3.63, 3.8) is 0 Å². The van der Waals surface area contributed by atoms with Crippen molar-refractivity contribution in [2.45, 2.75) is 24.7 Å². The maximum atomic E-state index is 2.52. The largest absolute Gasteiger partial charge is 0.310 e. The summed E-state index contributed by atoms with van der Waals surface area (Å²) in [5.41, 5.74) is 21.9. The molecule has 9 aromatic rings. The third-order valence-corrected chi connectivity index (χ3v) is 13.4. The van der Waals surface area contributed by atoms with E-state index in [9.17, 15) is 0 Å². The van der Waals surface area contributed by atoms with Crippen LogP contribution in [0.15, 0.2) is 218 Å². The van der Waals surface area contributed by atoms with Gasteiger partial charge in [-0.3, -0.25) is 0 Å². The Balaban J connectivity index is 1.15. The van der Waals surface area contributed by atoms with Gasteiger partial charge in [0.05, 0.1) is 11.1 Å². The topological polar surface area (TPSA) is 6.48 Å². The molecule has 12 rings (SSSR count). The molecule has 3 aliphatic carbocycles. The molecule has 0 aliphatic heterocycles. The van der Waals surface area contributed by atoms with Crippen LogP contribution in [-0.4, -0.2) is 0 Å². The van der Waals surface area contributed by atoms with Gasteiger partial charge in [-0.05, 0) is 128 Å². The van der Waals surface area contributed by atoms with Crippen LogP contribution in [0.5, 0.6) is 0 Å². The minimum Gasteiger partial charge on any atom is -0.310 e. The van der Waals surface area contributed by atoms with Crippen molar-refractivity contribution in [2.75, 3.05) is 9.80 Å². The highest BCUT2D eigenvalue weighted by Crippen LogP contribution is 2.66. The summed E-state index contributed by atoms with van der Waals surface area (Å²) in [4.78, 5) is 4.92. The molecule has 0 saturated heterocycles. The highest BCUT2D eigenvalue weighted by molar-refractivity contribution is 6.00. The quantitative estimate of drug-likeness (QED) is 0.166. The summed E-state index contributed by atoms with van der Waals surface area (Å²) in [5.74, 6) is 0. The number of hydrogen-bond acceptors (Lipinski definition) is 2. The first-order chi connectivity index (χ1) is 29.5. The fourth-order valence-electron chi connectivity index (χ4n) is 10.9. The molecule has 1 spiro atoms. The smallest absolute Gasteiger partial charge is 0.0746 e. The van der Waals surface area contributed by atoms with E-state index in [0.29, 0.717) is 0 Å². The molecule has 0 N–H and O–H groups in total. The fraction of sp³-hybridized carbons (Fsp3) is 0.0690. The van der Waals surface area contributed by atoms with E-state index in [2.05, 4.69) is 242 Å². The van der Waals surface area contributed by atoms with Gasteiger partial charge in [-0.15, -0.1) is 0 Å². The molecule has 0 amide bonds. The molecule has 9 aromatic carbocycles. The van der Waals surface area contributed by atoms with E-state index < -0.39 is 5.41 Å². The second kappa shape index (κ2) is 13.0. The molecule has 3 aliphatic rings. The van der Waals surface area contributed by atoms with E-state index in [-0.39, 0.29) is 5.41 Å². The molecule has 60 heavy (non-hydrogen) atoms. The van der Waals surface area contributed by atoms with Crippen molar-refractivity contribution < 1.29 is 0 Å². The maximum Gasteiger partial charge on any atom is 0.0746 e. The lowest BCUT2D eigenvalue weighted by atomic mass is 9.69. The van der Waals surface area contributed by atoms with Crippen LogP contribution in [0.3, 0.4) is 0 Å². The van der Waals surface area contributed by atoms with Gasteiger partial charge in [0.2, 0.25) is 0 Å². The first kappa shape index (κ1) is 34.6. The normalized spacial score (nSPS) is 15.7. The summed E-state index contributed by atoms with van der Waals surface area (Å²) in [6.07, 6.45) is 0. The molecular weight excluding hydrogens is 725 g/mol. The fourth-order valence-corrected chi connectivity index (χ4v) is 10.9. The van der Waals surface area contributed by atoms with Crippen LogP contribution in [0, 0.1) is 0 Å². The maximum absolute atomic E-state index is 2.52. The summed E-state index contributed by atoms with van der Waals surface area (Å²) in [6.45, 7) is 4.75. The van der Waals surface area contributed by atoms with E-state index >= 15 is 0 Å². The lowest BCUT2D eigenvalue weighted by molar-refractivity contribution is 0.660. The predicted octanol–water partition coefficient (Wildman–Crippen LogP) is 15.3. The Morgan fingerprint density at radius 2 is 0.683 bits per heavy atom. The van der Waals surface area contributed by atoms with Crippen LogP contribution in [0.1, 0.15) is 47.2 Å². The van der Waals surface area contributed by atoms with Crippen molar-refractivity contribution in [2.24, 2.45) is 0 Å². The van der Waals surface area contributed by atoms with Crippen LogP contribution in [0.4, 0.5) is 34.1 Å². The molecule has 1 unspecified atom stereocenters. The Kier molecular flexibility index (Phi) is 7.52. The third-order valence-electron chi connectivity index (χ3n) is 13.4. The SMILES string of the molecule is CC1(C)c2ccccc2-c2ccc(N(c3ccccc3)c3cccc4c3C3(c5ccccc5-c5ccc(N(c6ccccc6)c6ccccc6)cc53)c3ccccc3-4)cc21. The zero-order valence-electron chi connectivity index (χ0n) is 33.7. The number of anilines is 6. The number of nitrogens with zero attached hydrogens (tertiary/aromatic N) is 2. The highest BCUT2D eigenvalue weighted by atomic mass is 15.2. The summed E-state index contributed by atoms with van der Waals surface area (Å²) in [7, 11) is 0. The van der Waals surface area contributed by atoms with E-state index in [1.54, 1.807) is 0 Å². The van der Waals surface area contributed by atoms with Gasteiger partial charge in [0.1, 0.15) is 0 Å². The molecule has 0 aromatic heterocycles. The minimum atomic E-state index is -0.594. The average Bonchev–Trinajstić information content (AvgIpc) is 3.86. The van der Waals surface area contributed by atoms with Crippen molar-refractivity contribution >= 4 is 34.1 Å². The highest BCUT2D eigenvalue weighted by Gasteiger charge is 2.53. The Morgan fingerprint density at radius 1 is 0.283 bits per heavy atom. The van der Waals surface area contributed by atoms with Crippen LogP contribution in [0.25, 0.3) is 33.4 Å². The minimum absolute atomic E-state index is 0.135. The van der Waals surface area contributed by atoms with Gasteiger partial charge >= 0.3 is 0 Å². The number of rotatable bonds is 6. The van der Waals surface area contributed by atoms with Crippen LogP contribution < -0.4 is 9.80 Å². The summed E-state index contributed by atoms with van der Waals surface area (Å²) >= 11 is 0. The van der Waals surface area contributed by atoms with Gasteiger partial charge < -0.3 is 9.80 Å². The van der Waals surface area contributed by atoms with Gasteiger partial charge in [0, 0.05) is 39.4 Å². The Morgan fingerprint density at radius 3 is 1.27 bits per heavy atom. The van der Waals surface area contributed by atoms with Crippen LogP contribution in [0.2, 0.25) is 0 Å². The van der Waals surface area contributed by atoms with E-state index in [1.807, 2.05) is 0 Å². The predicted molar refractivity (Wildman–Crippen MR) is 250 cm³/mol. The second-order valence-corrected chi connectivity index (χ2v) is 16.8. The zero-order valence-corrected chi connectivity index (χ0v) is 33.7. The molecular formula is C58H42N2. The van der Waals surface area contributed by atoms with Gasteiger partial charge in [-0.25, -0.2) is 0 Å². The first-order valence-electron chi connectivity index (χ1n) is 21.0. The third kappa shape index (κ3) is 4.76. The Labute approximate surface area is 352 Å². The van der Waals surface area contributed by atoms with Crippen molar-refractivity contribution in [3.8, 4) is 33.4 Å². The van der Waals surface area contributed by atoms with Crippen LogP contribution >= 0.6 is 0 Å². The summed E-state index contributed by atoms with van der Waals surface area (Å²) < 4.78 is 0. The lowest BCUT2D eigenvalue weighted by Gasteiger charge is -2.36. The Bertz CT molecular complexity index is 3080. The molecule has 0 heterocycles. The number of para-hydroxylation sites is 3. The monoisotopic (exact) mass is 766 g/mol. The summed E-state index contributed by atoms with van der Waals surface area (Å²) in [5, 5.41) is 0. The van der Waals surface area contributed by atoms with Gasteiger partial charge in [0.15, 0.2) is 0 Å². The first-order valence-corrected chi connectivity index (χ1v) is 21.0. The molecule has 0 saturated carbocycles. The average molecular weight is 767 g/mol. The van der Waals surface area contributed by atoms with Crippen molar-refractivity contribution in [1.29, 1.82) is 0 Å². The molecule has 284 valence electrons.